The molecule has 6 heteroatoms. The SMILES string of the molecule is CCC(C)NC(=O)CCNC(=O)/C=C/C(=O)O. The molecule has 0 aromatic carbocycles. The quantitative estimate of drug-likeness (QED) is 0.550. The molecule has 0 saturated heterocycles. The molecule has 6 nitrogen and oxygen atoms in total. The van der Waals surface area contributed by atoms with E-state index in [0.717, 1.165) is 18.6 Å². The maximum Gasteiger partial charge on any atom is 0.328 e. The normalized spacial score (nSPS) is 12.1. The van der Waals surface area contributed by atoms with Crippen LogP contribution in [0.4, 0.5) is 0 Å². The van der Waals surface area contributed by atoms with Gasteiger partial charge in [-0.2, -0.15) is 0 Å². The molecule has 0 radical (unpaired) electrons. The van der Waals surface area contributed by atoms with E-state index in [2.05, 4.69) is 10.6 Å². The molecule has 0 spiro atoms. The summed E-state index contributed by atoms with van der Waals surface area (Å²) in [6.45, 7) is 4.04. The Hall–Kier alpha value is -1.85. The number of carbonyl (C=O) groups is 3. The largest absolute Gasteiger partial charge is 0.478 e. The highest BCUT2D eigenvalue weighted by Gasteiger charge is 2.05. The number of aliphatic carboxylic acids is 1. The monoisotopic (exact) mass is 242 g/mol. The lowest BCUT2D eigenvalue weighted by Gasteiger charge is -2.11. The number of carboxylic acids is 1. The van der Waals surface area contributed by atoms with Crippen LogP contribution in [0.3, 0.4) is 0 Å². The van der Waals surface area contributed by atoms with Gasteiger partial charge in [-0.1, -0.05) is 6.92 Å². The van der Waals surface area contributed by atoms with Gasteiger partial charge in [0.05, 0.1) is 0 Å². The summed E-state index contributed by atoms with van der Waals surface area (Å²) in [5.74, 6) is -1.85. The van der Waals surface area contributed by atoms with Crippen LogP contribution >= 0.6 is 0 Å². The Labute approximate surface area is 100 Å². The lowest BCUT2D eigenvalue weighted by Crippen LogP contribution is -2.34. The Morgan fingerprint density at radius 2 is 1.94 bits per heavy atom. The molecule has 0 aliphatic rings. The third kappa shape index (κ3) is 9.10. The van der Waals surface area contributed by atoms with Crippen LogP contribution in [0.25, 0.3) is 0 Å². The van der Waals surface area contributed by atoms with Crippen molar-refractivity contribution in [3.8, 4) is 0 Å². The molecule has 3 N–H and O–H groups in total. The maximum absolute atomic E-state index is 11.3. The number of nitrogens with one attached hydrogen (secondary N) is 2. The van der Waals surface area contributed by atoms with Crippen molar-refractivity contribution in [2.75, 3.05) is 6.54 Å². The smallest absolute Gasteiger partial charge is 0.328 e. The lowest BCUT2D eigenvalue weighted by atomic mass is 10.2. The minimum absolute atomic E-state index is 0.116. The zero-order valence-electron chi connectivity index (χ0n) is 10.0. The summed E-state index contributed by atoms with van der Waals surface area (Å²) in [4.78, 5) is 32.4. The predicted octanol–water partition coefficient (Wildman–Crippen LogP) is 0.0482. The Morgan fingerprint density at radius 3 is 2.47 bits per heavy atom. The highest BCUT2D eigenvalue weighted by Crippen LogP contribution is 1.89. The predicted molar refractivity (Wildman–Crippen MR) is 62.3 cm³/mol. The fourth-order valence-electron chi connectivity index (χ4n) is 0.954. The van der Waals surface area contributed by atoms with Crippen LogP contribution in [0.5, 0.6) is 0 Å². The standard InChI is InChI=1S/C11H18N2O4/c1-3-8(2)13-10(15)6-7-12-9(14)4-5-11(16)17/h4-5,8H,3,6-7H2,1-2H3,(H,12,14)(H,13,15)(H,16,17)/b5-4+. The number of rotatable bonds is 7. The van der Waals surface area contributed by atoms with Gasteiger partial charge in [0, 0.05) is 31.2 Å². The fourth-order valence-corrected chi connectivity index (χ4v) is 0.954. The van der Waals surface area contributed by atoms with Crippen LogP contribution in [0.1, 0.15) is 26.7 Å². The van der Waals surface area contributed by atoms with Gasteiger partial charge in [0.1, 0.15) is 0 Å². The van der Waals surface area contributed by atoms with Crippen LogP contribution in [-0.2, 0) is 14.4 Å². The van der Waals surface area contributed by atoms with Gasteiger partial charge < -0.3 is 15.7 Å². The Balaban J connectivity index is 3.73. The first-order valence-corrected chi connectivity index (χ1v) is 5.44. The van der Waals surface area contributed by atoms with Crippen molar-refractivity contribution >= 4 is 17.8 Å². The first kappa shape index (κ1) is 15.2. The first-order valence-electron chi connectivity index (χ1n) is 5.44. The summed E-state index contributed by atoms with van der Waals surface area (Å²) in [7, 11) is 0. The van der Waals surface area contributed by atoms with E-state index < -0.39 is 11.9 Å². The van der Waals surface area contributed by atoms with Crippen LogP contribution in [-0.4, -0.2) is 35.5 Å². The molecule has 1 atom stereocenters. The number of carboxylic acid groups (broad SMARTS) is 1. The highest BCUT2D eigenvalue weighted by molar-refractivity contribution is 5.94. The summed E-state index contributed by atoms with van der Waals surface area (Å²) in [6, 6.07) is 0.116. The Bertz CT molecular complexity index is 313. The lowest BCUT2D eigenvalue weighted by molar-refractivity contribution is -0.131. The van der Waals surface area contributed by atoms with Crippen molar-refractivity contribution in [1.82, 2.24) is 10.6 Å². The summed E-state index contributed by atoms with van der Waals surface area (Å²) >= 11 is 0. The minimum atomic E-state index is -1.19. The van der Waals surface area contributed by atoms with E-state index in [9.17, 15) is 14.4 Å². The highest BCUT2D eigenvalue weighted by atomic mass is 16.4. The molecule has 0 aliphatic carbocycles. The summed E-state index contributed by atoms with van der Waals surface area (Å²) < 4.78 is 0. The van der Waals surface area contributed by atoms with Crippen molar-refractivity contribution in [2.24, 2.45) is 0 Å². The molecule has 0 fully saturated rings. The van der Waals surface area contributed by atoms with Crippen molar-refractivity contribution < 1.29 is 19.5 Å². The molecule has 0 saturated carbocycles. The van der Waals surface area contributed by atoms with Gasteiger partial charge in [0.25, 0.3) is 0 Å². The molecule has 0 aromatic rings. The van der Waals surface area contributed by atoms with Gasteiger partial charge in [0.15, 0.2) is 0 Å². The topological polar surface area (TPSA) is 95.5 Å². The molecule has 1 unspecified atom stereocenters. The number of hydrogen-bond acceptors (Lipinski definition) is 3. The van der Waals surface area contributed by atoms with E-state index in [1.165, 1.54) is 0 Å². The second-order valence-corrected chi connectivity index (χ2v) is 3.59. The third-order valence-corrected chi connectivity index (χ3v) is 2.05. The van der Waals surface area contributed by atoms with Gasteiger partial charge in [-0.05, 0) is 13.3 Å². The zero-order chi connectivity index (χ0) is 13.3. The van der Waals surface area contributed by atoms with Crippen molar-refractivity contribution in [2.45, 2.75) is 32.7 Å². The number of hydrogen-bond donors (Lipinski definition) is 3. The van der Waals surface area contributed by atoms with Gasteiger partial charge in [0.2, 0.25) is 11.8 Å². The van der Waals surface area contributed by atoms with Crippen LogP contribution in [0.15, 0.2) is 12.2 Å². The van der Waals surface area contributed by atoms with Crippen molar-refractivity contribution in [3.05, 3.63) is 12.2 Å². The molecule has 0 bridgehead atoms. The van der Waals surface area contributed by atoms with Gasteiger partial charge in [-0.3, -0.25) is 9.59 Å². The van der Waals surface area contributed by atoms with Crippen LogP contribution in [0, 0.1) is 0 Å². The van der Waals surface area contributed by atoms with E-state index in [0.29, 0.717) is 0 Å². The van der Waals surface area contributed by atoms with E-state index in [4.69, 9.17) is 5.11 Å². The molecule has 0 heterocycles. The number of carbonyl (C=O) groups excluding carboxylic acids is 2. The first-order chi connectivity index (χ1) is 7.95. The van der Waals surface area contributed by atoms with E-state index in [1.807, 2.05) is 13.8 Å². The zero-order valence-corrected chi connectivity index (χ0v) is 10.0. The number of amides is 2. The summed E-state index contributed by atoms with van der Waals surface area (Å²) in [6.07, 6.45) is 2.68. The van der Waals surface area contributed by atoms with Crippen LogP contribution in [0.2, 0.25) is 0 Å². The third-order valence-electron chi connectivity index (χ3n) is 2.05. The van der Waals surface area contributed by atoms with Gasteiger partial charge in [-0.25, -0.2) is 4.79 Å². The summed E-state index contributed by atoms with van der Waals surface area (Å²) in [5, 5.41) is 13.4. The average Bonchev–Trinajstić information content (AvgIpc) is 2.26. The van der Waals surface area contributed by atoms with Gasteiger partial charge >= 0.3 is 5.97 Å². The van der Waals surface area contributed by atoms with E-state index in [-0.39, 0.29) is 24.9 Å². The molecule has 0 aliphatic heterocycles. The summed E-state index contributed by atoms with van der Waals surface area (Å²) in [5.41, 5.74) is 0. The maximum atomic E-state index is 11.3. The average molecular weight is 242 g/mol. The van der Waals surface area contributed by atoms with E-state index in [1.54, 1.807) is 0 Å². The Kier molecular flexibility index (Phi) is 7.41. The van der Waals surface area contributed by atoms with Crippen molar-refractivity contribution in [1.29, 1.82) is 0 Å². The van der Waals surface area contributed by atoms with E-state index >= 15 is 0 Å². The van der Waals surface area contributed by atoms with Gasteiger partial charge in [-0.15, -0.1) is 0 Å². The molecular weight excluding hydrogens is 224 g/mol. The molecule has 0 aromatic heterocycles. The molecule has 0 rings (SSSR count). The Morgan fingerprint density at radius 1 is 1.29 bits per heavy atom. The fraction of sp³-hybridized carbons (Fsp3) is 0.545. The molecular formula is C11H18N2O4. The van der Waals surface area contributed by atoms with Crippen LogP contribution < -0.4 is 10.6 Å². The minimum Gasteiger partial charge on any atom is -0.478 e. The molecule has 2 amide bonds. The second kappa shape index (κ2) is 8.32. The second-order valence-electron chi connectivity index (χ2n) is 3.59. The molecule has 96 valence electrons. The molecule has 17 heavy (non-hydrogen) atoms. The van der Waals surface area contributed by atoms with Crippen molar-refractivity contribution in [3.63, 3.8) is 0 Å².